The van der Waals surface area contributed by atoms with Gasteiger partial charge in [0.1, 0.15) is 21.0 Å². The number of halogens is 1. The summed E-state index contributed by atoms with van der Waals surface area (Å²) in [5.41, 5.74) is 6.46. The van der Waals surface area contributed by atoms with Crippen molar-refractivity contribution in [3.05, 3.63) is 22.6 Å². The predicted molar refractivity (Wildman–Crippen MR) is 57.3 cm³/mol. The second-order valence-electron chi connectivity index (χ2n) is 2.69. The van der Waals surface area contributed by atoms with Crippen LogP contribution in [0.2, 0.25) is 4.34 Å². The van der Waals surface area contributed by atoms with Crippen LogP contribution >= 0.6 is 22.9 Å². The highest BCUT2D eigenvalue weighted by Crippen LogP contribution is 2.30. The van der Waals surface area contributed by atoms with Crippen LogP contribution < -0.4 is 5.73 Å². The molecule has 0 radical (unpaired) electrons. The van der Waals surface area contributed by atoms with Gasteiger partial charge in [-0.05, 0) is 6.92 Å². The molecule has 2 heterocycles. The van der Waals surface area contributed by atoms with Gasteiger partial charge in [-0.25, -0.2) is 15.0 Å². The van der Waals surface area contributed by atoms with Gasteiger partial charge in [0.05, 0.1) is 11.8 Å². The molecule has 0 aliphatic rings. The second-order valence-corrected chi connectivity index (χ2v) is 4.35. The first-order valence-corrected chi connectivity index (χ1v) is 5.07. The largest absolute Gasteiger partial charge is 0.383 e. The van der Waals surface area contributed by atoms with Gasteiger partial charge < -0.3 is 5.73 Å². The maximum Gasteiger partial charge on any atom is 0.137 e. The van der Waals surface area contributed by atoms with Crippen molar-refractivity contribution >= 4 is 28.8 Å². The number of hydrogen-bond donors (Lipinski definition) is 1. The molecule has 2 rings (SSSR count). The van der Waals surface area contributed by atoms with Gasteiger partial charge in [0.2, 0.25) is 0 Å². The summed E-state index contributed by atoms with van der Waals surface area (Å²) in [6.07, 6.45) is 3.24. The molecule has 72 valence electrons. The van der Waals surface area contributed by atoms with Gasteiger partial charge in [-0.1, -0.05) is 11.6 Å². The summed E-state index contributed by atoms with van der Waals surface area (Å²) in [6.45, 7) is 1.79. The summed E-state index contributed by atoms with van der Waals surface area (Å²) in [5, 5.41) is 0.743. The highest BCUT2D eigenvalue weighted by Gasteiger charge is 2.08. The molecule has 0 saturated carbocycles. The molecule has 0 fully saturated rings. The number of hydrogen-bond acceptors (Lipinski definition) is 5. The molecule has 14 heavy (non-hydrogen) atoms. The van der Waals surface area contributed by atoms with Crippen molar-refractivity contribution < 1.29 is 0 Å². The van der Waals surface area contributed by atoms with E-state index in [4.69, 9.17) is 17.3 Å². The van der Waals surface area contributed by atoms with E-state index in [1.54, 1.807) is 19.3 Å². The maximum atomic E-state index is 5.77. The molecule has 0 spiro atoms. The first-order valence-electron chi connectivity index (χ1n) is 3.87. The highest BCUT2D eigenvalue weighted by atomic mass is 35.5. The van der Waals surface area contributed by atoms with Crippen molar-refractivity contribution in [3.8, 4) is 10.6 Å². The number of aromatic nitrogens is 3. The van der Waals surface area contributed by atoms with Gasteiger partial charge in [-0.2, -0.15) is 0 Å². The third-order valence-corrected chi connectivity index (χ3v) is 2.79. The Hall–Kier alpha value is -1.20. The first kappa shape index (κ1) is 9.36. The Labute approximate surface area is 89.8 Å². The molecular weight excluding hydrogens is 220 g/mol. The smallest absolute Gasteiger partial charge is 0.137 e. The molecule has 0 amide bonds. The number of nitrogen functional groups attached to an aromatic ring is 1. The van der Waals surface area contributed by atoms with Crippen LogP contribution in [-0.2, 0) is 0 Å². The lowest BCUT2D eigenvalue weighted by Crippen LogP contribution is -1.97. The molecule has 6 heteroatoms. The SMILES string of the molecule is Cc1ncc(-c2ncc(Cl)s2)c(N)n1. The van der Waals surface area contributed by atoms with Crippen LogP contribution in [0.3, 0.4) is 0 Å². The van der Waals surface area contributed by atoms with Crippen molar-refractivity contribution in [2.24, 2.45) is 0 Å². The predicted octanol–water partition coefficient (Wildman–Crippen LogP) is 2.14. The lowest BCUT2D eigenvalue weighted by Gasteiger charge is -2.00. The zero-order chi connectivity index (χ0) is 10.1. The minimum absolute atomic E-state index is 0.434. The molecule has 2 aromatic heterocycles. The zero-order valence-corrected chi connectivity index (χ0v) is 8.93. The number of nitrogens with two attached hydrogens (primary N) is 1. The Morgan fingerprint density at radius 3 is 2.71 bits per heavy atom. The summed E-state index contributed by atoms with van der Waals surface area (Å²) >= 11 is 7.12. The monoisotopic (exact) mass is 226 g/mol. The molecule has 0 aliphatic heterocycles. The first-order chi connectivity index (χ1) is 6.66. The molecule has 0 unspecified atom stereocenters. The van der Waals surface area contributed by atoms with E-state index < -0.39 is 0 Å². The normalized spacial score (nSPS) is 10.4. The Balaban J connectivity index is 2.52. The lowest BCUT2D eigenvalue weighted by atomic mass is 10.3. The number of thiazole rings is 1. The number of aryl methyl sites for hydroxylation is 1. The van der Waals surface area contributed by atoms with E-state index in [0.717, 1.165) is 10.6 Å². The Morgan fingerprint density at radius 1 is 1.36 bits per heavy atom. The van der Waals surface area contributed by atoms with E-state index in [1.165, 1.54) is 11.3 Å². The van der Waals surface area contributed by atoms with Crippen LogP contribution in [0.1, 0.15) is 5.82 Å². The molecule has 0 atom stereocenters. The van der Waals surface area contributed by atoms with E-state index in [9.17, 15) is 0 Å². The van der Waals surface area contributed by atoms with Gasteiger partial charge in [0.15, 0.2) is 0 Å². The average Bonchev–Trinajstić information content (AvgIpc) is 2.51. The van der Waals surface area contributed by atoms with Crippen LogP contribution in [0.15, 0.2) is 12.4 Å². The standard InChI is InChI=1S/C8H7ClN4S/c1-4-11-2-5(7(10)13-4)8-12-3-6(9)14-8/h2-3H,1H3,(H2,10,11,13). The van der Waals surface area contributed by atoms with Gasteiger partial charge in [-0.15, -0.1) is 11.3 Å². The molecule has 2 N–H and O–H groups in total. The third kappa shape index (κ3) is 1.69. The van der Waals surface area contributed by atoms with Crippen LogP contribution in [-0.4, -0.2) is 15.0 Å². The van der Waals surface area contributed by atoms with Crippen LogP contribution in [0.4, 0.5) is 5.82 Å². The molecule has 0 aromatic carbocycles. The van der Waals surface area contributed by atoms with E-state index in [2.05, 4.69) is 15.0 Å². The Bertz CT molecular complexity index is 468. The van der Waals surface area contributed by atoms with Gasteiger partial charge in [-0.3, -0.25) is 0 Å². The lowest BCUT2D eigenvalue weighted by molar-refractivity contribution is 1.06. The summed E-state index contributed by atoms with van der Waals surface area (Å²) in [5.74, 6) is 1.08. The fraction of sp³-hybridized carbons (Fsp3) is 0.125. The zero-order valence-electron chi connectivity index (χ0n) is 7.36. The number of rotatable bonds is 1. The second kappa shape index (κ2) is 3.51. The summed E-state index contributed by atoms with van der Waals surface area (Å²) in [4.78, 5) is 12.2. The summed E-state index contributed by atoms with van der Waals surface area (Å²) < 4.78 is 0.625. The van der Waals surface area contributed by atoms with Crippen molar-refractivity contribution in [1.29, 1.82) is 0 Å². The molecule has 0 saturated heterocycles. The maximum absolute atomic E-state index is 5.77. The van der Waals surface area contributed by atoms with Crippen molar-refractivity contribution in [1.82, 2.24) is 15.0 Å². The van der Waals surface area contributed by atoms with Crippen molar-refractivity contribution in [2.45, 2.75) is 6.92 Å². The Morgan fingerprint density at radius 2 is 2.14 bits per heavy atom. The fourth-order valence-corrected chi connectivity index (χ4v) is 1.96. The van der Waals surface area contributed by atoms with E-state index in [1.807, 2.05) is 0 Å². The van der Waals surface area contributed by atoms with Crippen molar-refractivity contribution in [2.75, 3.05) is 5.73 Å². The molecule has 4 nitrogen and oxygen atoms in total. The van der Waals surface area contributed by atoms with Gasteiger partial charge in [0, 0.05) is 6.20 Å². The minimum Gasteiger partial charge on any atom is -0.383 e. The molecule has 0 aliphatic carbocycles. The quantitative estimate of drug-likeness (QED) is 0.809. The minimum atomic E-state index is 0.434. The van der Waals surface area contributed by atoms with Crippen LogP contribution in [0.5, 0.6) is 0 Å². The highest BCUT2D eigenvalue weighted by molar-refractivity contribution is 7.18. The molecular formula is C8H7ClN4S. The van der Waals surface area contributed by atoms with E-state index in [-0.39, 0.29) is 0 Å². The summed E-state index contributed by atoms with van der Waals surface area (Å²) in [7, 11) is 0. The molecule has 2 aromatic rings. The summed E-state index contributed by atoms with van der Waals surface area (Å²) in [6, 6.07) is 0. The third-order valence-electron chi connectivity index (χ3n) is 1.65. The van der Waals surface area contributed by atoms with Gasteiger partial charge in [0.25, 0.3) is 0 Å². The average molecular weight is 227 g/mol. The van der Waals surface area contributed by atoms with Gasteiger partial charge >= 0.3 is 0 Å². The number of anilines is 1. The topological polar surface area (TPSA) is 64.7 Å². The van der Waals surface area contributed by atoms with Crippen LogP contribution in [0.25, 0.3) is 10.6 Å². The fourth-order valence-electron chi connectivity index (χ4n) is 1.03. The van der Waals surface area contributed by atoms with Crippen molar-refractivity contribution in [3.63, 3.8) is 0 Å². The van der Waals surface area contributed by atoms with E-state index >= 15 is 0 Å². The van der Waals surface area contributed by atoms with Crippen LogP contribution in [0, 0.1) is 6.92 Å². The Kier molecular flexibility index (Phi) is 2.35. The van der Waals surface area contributed by atoms with E-state index in [0.29, 0.717) is 16.0 Å². The number of nitrogens with zero attached hydrogens (tertiary/aromatic N) is 3. The molecule has 0 bridgehead atoms.